The van der Waals surface area contributed by atoms with Gasteiger partial charge in [0.05, 0.1) is 16.0 Å². The predicted octanol–water partition coefficient (Wildman–Crippen LogP) is 4.32. The molecule has 2 atom stereocenters. The Balaban J connectivity index is 1.95. The maximum absolute atomic E-state index is 10.4. The van der Waals surface area contributed by atoms with Crippen LogP contribution in [0.4, 0.5) is 0 Å². The lowest BCUT2D eigenvalue weighted by Gasteiger charge is -2.17. The summed E-state index contributed by atoms with van der Waals surface area (Å²) in [6.07, 6.45) is -0.487. The second kappa shape index (κ2) is 4.65. The summed E-state index contributed by atoms with van der Waals surface area (Å²) in [5.41, 5.74) is 1.24. The molecule has 0 fully saturated rings. The smallest absolute Gasteiger partial charge is 0.0973 e. The van der Waals surface area contributed by atoms with E-state index in [1.54, 1.807) is 0 Å². The Hall–Kier alpha value is -0.480. The number of aliphatic hydroxyl groups is 1. The van der Waals surface area contributed by atoms with Crippen molar-refractivity contribution in [3.63, 3.8) is 0 Å². The summed E-state index contributed by atoms with van der Waals surface area (Å²) in [5, 5.41) is 13.1. The molecule has 2 heterocycles. The van der Waals surface area contributed by atoms with E-state index in [2.05, 4.69) is 12.1 Å². The van der Waals surface area contributed by atoms with E-state index >= 15 is 0 Å². The highest BCUT2D eigenvalue weighted by atomic mass is 35.5. The molecule has 1 N–H and O–H groups in total. The molecule has 4 heteroatoms. The fourth-order valence-corrected chi connectivity index (χ4v) is 4.65. The van der Waals surface area contributed by atoms with Crippen molar-refractivity contribution in [3.05, 3.63) is 51.2 Å². The van der Waals surface area contributed by atoms with Crippen LogP contribution in [0.2, 0.25) is 5.02 Å². The lowest BCUT2D eigenvalue weighted by atomic mass is 9.94. The summed E-state index contributed by atoms with van der Waals surface area (Å²) < 4.78 is 0. The third-order valence-electron chi connectivity index (χ3n) is 3.03. The third-order valence-corrected chi connectivity index (χ3v) is 5.67. The molecular formula is C13H11ClOS2. The molecule has 1 aliphatic heterocycles. The monoisotopic (exact) mass is 282 g/mol. The van der Waals surface area contributed by atoms with E-state index < -0.39 is 6.10 Å². The molecule has 1 aliphatic rings. The molecule has 3 rings (SSSR count). The van der Waals surface area contributed by atoms with Crippen LogP contribution >= 0.6 is 34.7 Å². The van der Waals surface area contributed by atoms with Gasteiger partial charge in [-0.05, 0) is 23.1 Å². The minimum atomic E-state index is -0.487. The van der Waals surface area contributed by atoms with E-state index in [1.165, 1.54) is 21.8 Å². The van der Waals surface area contributed by atoms with E-state index in [1.807, 2.05) is 35.3 Å². The van der Waals surface area contributed by atoms with Crippen molar-refractivity contribution in [2.24, 2.45) is 0 Å². The Morgan fingerprint density at radius 2 is 2.12 bits per heavy atom. The highest BCUT2D eigenvalue weighted by molar-refractivity contribution is 7.99. The molecule has 0 radical (unpaired) electrons. The fraction of sp³-hybridized carbons (Fsp3) is 0.231. The lowest BCUT2D eigenvalue weighted by molar-refractivity contribution is 0.157. The molecule has 2 unspecified atom stereocenters. The molecule has 1 aromatic carbocycles. The van der Waals surface area contributed by atoms with Crippen LogP contribution in [0.25, 0.3) is 0 Å². The number of thioether (sulfide) groups is 1. The summed E-state index contributed by atoms with van der Waals surface area (Å²) in [5.74, 6) is 1.08. The van der Waals surface area contributed by atoms with Crippen LogP contribution in [0.1, 0.15) is 22.5 Å². The van der Waals surface area contributed by atoms with Crippen LogP contribution < -0.4 is 0 Å². The van der Waals surface area contributed by atoms with Crippen molar-refractivity contribution in [1.82, 2.24) is 0 Å². The first-order valence-corrected chi connectivity index (χ1v) is 7.64. The van der Waals surface area contributed by atoms with Gasteiger partial charge in [0.1, 0.15) is 0 Å². The maximum Gasteiger partial charge on any atom is 0.0973 e. The van der Waals surface area contributed by atoms with Gasteiger partial charge in [-0.1, -0.05) is 29.8 Å². The van der Waals surface area contributed by atoms with Gasteiger partial charge in [0.2, 0.25) is 0 Å². The van der Waals surface area contributed by atoms with Gasteiger partial charge < -0.3 is 5.11 Å². The van der Waals surface area contributed by atoms with E-state index in [9.17, 15) is 5.11 Å². The quantitative estimate of drug-likeness (QED) is 0.885. The van der Waals surface area contributed by atoms with Crippen molar-refractivity contribution in [2.75, 3.05) is 5.75 Å². The maximum atomic E-state index is 10.4. The summed E-state index contributed by atoms with van der Waals surface area (Å²) in [7, 11) is 0. The number of aliphatic hydroxyl groups excluding tert-OH is 1. The topological polar surface area (TPSA) is 20.2 Å². The van der Waals surface area contributed by atoms with Gasteiger partial charge in [0, 0.05) is 16.6 Å². The van der Waals surface area contributed by atoms with E-state index in [-0.39, 0.29) is 5.92 Å². The number of fused-ring (bicyclic) bond motifs is 1. The van der Waals surface area contributed by atoms with Gasteiger partial charge in [0.15, 0.2) is 0 Å². The molecule has 0 bridgehead atoms. The van der Waals surface area contributed by atoms with Gasteiger partial charge in [-0.3, -0.25) is 0 Å². The summed E-state index contributed by atoms with van der Waals surface area (Å²) >= 11 is 9.42. The number of benzene rings is 1. The number of halogens is 1. The Morgan fingerprint density at radius 3 is 2.88 bits per heavy atom. The highest BCUT2D eigenvalue weighted by Crippen LogP contribution is 2.47. The van der Waals surface area contributed by atoms with E-state index in [0.29, 0.717) is 5.02 Å². The van der Waals surface area contributed by atoms with Crippen LogP contribution in [0, 0.1) is 0 Å². The number of hydrogen-bond donors (Lipinski definition) is 1. The molecule has 0 saturated carbocycles. The fourth-order valence-electron chi connectivity index (χ4n) is 2.15. The molecule has 0 saturated heterocycles. The summed E-state index contributed by atoms with van der Waals surface area (Å²) in [6, 6.07) is 10.1. The van der Waals surface area contributed by atoms with Gasteiger partial charge in [-0.2, -0.15) is 0 Å². The average molecular weight is 283 g/mol. The van der Waals surface area contributed by atoms with Crippen molar-refractivity contribution in [1.29, 1.82) is 0 Å². The minimum absolute atomic E-state index is 0.160. The minimum Gasteiger partial charge on any atom is -0.387 e. The van der Waals surface area contributed by atoms with E-state index in [0.717, 1.165) is 10.6 Å². The van der Waals surface area contributed by atoms with Crippen molar-refractivity contribution in [3.8, 4) is 0 Å². The molecule has 1 nitrogen and oxygen atoms in total. The number of hydrogen-bond acceptors (Lipinski definition) is 3. The zero-order chi connectivity index (χ0) is 11.8. The molecular weight excluding hydrogens is 272 g/mol. The molecule has 2 aromatic rings. The average Bonchev–Trinajstić information content (AvgIpc) is 2.94. The zero-order valence-corrected chi connectivity index (χ0v) is 11.4. The normalized spacial score (nSPS) is 20.2. The van der Waals surface area contributed by atoms with Crippen LogP contribution in [-0.2, 0) is 0 Å². The van der Waals surface area contributed by atoms with Gasteiger partial charge in [-0.15, -0.1) is 23.1 Å². The second-order valence-corrected chi connectivity index (χ2v) is 6.45. The van der Waals surface area contributed by atoms with Gasteiger partial charge in [0.25, 0.3) is 0 Å². The first-order valence-electron chi connectivity index (χ1n) is 5.40. The Morgan fingerprint density at radius 1 is 1.29 bits per heavy atom. The van der Waals surface area contributed by atoms with Crippen molar-refractivity contribution >= 4 is 34.7 Å². The van der Waals surface area contributed by atoms with Crippen LogP contribution in [0.5, 0.6) is 0 Å². The predicted molar refractivity (Wildman–Crippen MR) is 74.2 cm³/mol. The third kappa shape index (κ3) is 2.02. The summed E-state index contributed by atoms with van der Waals surface area (Å²) in [6.45, 7) is 0. The Kier molecular flexibility index (Phi) is 3.17. The highest BCUT2D eigenvalue weighted by Gasteiger charge is 2.31. The van der Waals surface area contributed by atoms with Crippen LogP contribution in [-0.4, -0.2) is 10.9 Å². The van der Waals surface area contributed by atoms with Gasteiger partial charge >= 0.3 is 0 Å². The summed E-state index contributed by atoms with van der Waals surface area (Å²) in [4.78, 5) is 2.16. The zero-order valence-electron chi connectivity index (χ0n) is 8.97. The molecule has 0 amide bonds. The molecule has 88 valence electrons. The molecule has 0 spiro atoms. The largest absolute Gasteiger partial charge is 0.387 e. The van der Waals surface area contributed by atoms with E-state index in [4.69, 9.17) is 11.6 Å². The standard InChI is InChI=1S/C13H11ClOS2/c14-10-5-6-16-13(10)12(15)9-7-17-11-4-2-1-3-8(9)11/h1-6,9,12,15H,7H2. The van der Waals surface area contributed by atoms with Gasteiger partial charge in [-0.25, -0.2) is 0 Å². The SMILES string of the molecule is OC(c1sccc1Cl)C1CSc2ccccc21. The van der Waals surface area contributed by atoms with Crippen molar-refractivity contribution < 1.29 is 5.11 Å². The molecule has 0 aliphatic carbocycles. The molecule has 1 aromatic heterocycles. The number of thiophene rings is 1. The Labute approximate surface area is 113 Å². The first-order chi connectivity index (χ1) is 8.27. The van der Waals surface area contributed by atoms with Crippen LogP contribution in [0.3, 0.4) is 0 Å². The lowest BCUT2D eigenvalue weighted by Crippen LogP contribution is -2.09. The second-order valence-electron chi connectivity index (χ2n) is 4.03. The Bertz CT molecular complexity index is 538. The number of rotatable bonds is 2. The first kappa shape index (κ1) is 11.6. The van der Waals surface area contributed by atoms with Crippen LogP contribution in [0.15, 0.2) is 40.6 Å². The molecule has 17 heavy (non-hydrogen) atoms. The van der Waals surface area contributed by atoms with Crippen molar-refractivity contribution in [2.45, 2.75) is 16.9 Å².